The van der Waals surface area contributed by atoms with Crippen LogP contribution in [-0.4, -0.2) is 24.3 Å². The molecule has 0 saturated carbocycles. The van der Waals surface area contributed by atoms with Crippen molar-refractivity contribution >= 4 is 5.69 Å². The average Bonchev–Trinajstić information content (AvgIpc) is 3.32. The summed E-state index contributed by atoms with van der Waals surface area (Å²) in [4.78, 5) is 2.32. The molecule has 2 aromatic carbocycles. The highest BCUT2D eigenvalue weighted by atomic mass is 16.5. The lowest BCUT2D eigenvalue weighted by molar-refractivity contribution is 0.114. The van der Waals surface area contributed by atoms with Crippen LogP contribution in [0.1, 0.15) is 24.3 Å². The minimum Gasteiger partial charge on any atom is -0.494 e. The number of rotatable bonds is 5. The minimum absolute atomic E-state index is 0.0472. The van der Waals surface area contributed by atoms with Crippen LogP contribution in [0.4, 0.5) is 5.69 Å². The molecular weight excluding hydrogens is 324 g/mol. The summed E-state index contributed by atoms with van der Waals surface area (Å²) in [7, 11) is 0. The van der Waals surface area contributed by atoms with Gasteiger partial charge in [-0.05, 0) is 44.2 Å². The molecule has 1 unspecified atom stereocenters. The van der Waals surface area contributed by atoms with Gasteiger partial charge in [-0.25, -0.2) is 0 Å². The number of anilines is 1. The van der Waals surface area contributed by atoms with Crippen molar-refractivity contribution in [1.29, 1.82) is 0 Å². The van der Waals surface area contributed by atoms with Crippen molar-refractivity contribution < 1.29 is 9.47 Å². The fraction of sp³-hybridized carbons (Fsp3) is 0.273. The van der Waals surface area contributed by atoms with E-state index in [9.17, 15) is 0 Å². The Balaban J connectivity index is 1.59. The molecule has 1 saturated heterocycles. The maximum atomic E-state index is 6.04. The van der Waals surface area contributed by atoms with Crippen LogP contribution in [0.15, 0.2) is 67.0 Å². The summed E-state index contributed by atoms with van der Waals surface area (Å²) in [5.74, 6) is 0.888. The van der Waals surface area contributed by atoms with E-state index in [2.05, 4.69) is 71.2 Å². The Bertz CT molecular complexity index is 870. The highest BCUT2D eigenvalue weighted by Gasteiger charge is 2.27. The zero-order chi connectivity index (χ0) is 17.9. The van der Waals surface area contributed by atoms with Crippen LogP contribution >= 0.6 is 0 Å². The number of aromatic nitrogens is 1. The van der Waals surface area contributed by atoms with Crippen molar-refractivity contribution in [2.75, 3.05) is 24.7 Å². The zero-order valence-electron chi connectivity index (χ0n) is 15.3. The molecule has 0 amide bonds. The molecule has 0 spiro atoms. The summed E-state index contributed by atoms with van der Waals surface area (Å²) in [6, 6.07) is 18.9. The van der Waals surface area contributed by atoms with E-state index < -0.39 is 0 Å². The quantitative estimate of drug-likeness (QED) is 0.667. The number of benzene rings is 2. The van der Waals surface area contributed by atoms with Gasteiger partial charge in [-0.2, -0.15) is 0 Å². The molecular formula is C22H24N2O2. The number of hydrogen-bond acceptors (Lipinski definition) is 3. The summed E-state index contributed by atoms with van der Waals surface area (Å²) in [6.45, 7) is 6.42. The molecule has 4 rings (SSSR count). The first-order chi connectivity index (χ1) is 12.7. The molecule has 1 atom stereocenters. The van der Waals surface area contributed by atoms with Crippen molar-refractivity contribution in [3.05, 3.63) is 78.1 Å². The van der Waals surface area contributed by atoms with Crippen LogP contribution in [-0.2, 0) is 4.74 Å². The predicted octanol–water partition coefficient (Wildman–Crippen LogP) is 4.72. The highest BCUT2D eigenvalue weighted by molar-refractivity contribution is 5.50. The van der Waals surface area contributed by atoms with Crippen LogP contribution in [0.5, 0.6) is 5.75 Å². The molecule has 1 aliphatic heterocycles. The second-order valence-electron chi connectivity index (χ2n) is 6.53. The average molecular weight is 348 g/mol. The van der Waals surface area contributed by atoms with Crippen molar-refractivity contribution in [3.63, 3.8) is 0 Å². The van der Waals surface area contributed by atoms with Crippen LogP contribution < -0.4 is 9.64 Å². The zero-order valence-corrected chi connectivity index (χ0v) is 15.3. The van der Waals surface area contributed by atoms with Gasteiger partial charge in [-0.15, -0.1) is 0 Å². The molecule has 0 radical (unpaired) electrons. The number of ether oxygens (including phenoxy) is 2. The van der Waals surface area contributed by atoms with Crippen molar-refractivity contribution in [1.82, 2.24) is 4.57 Å². The maximum absolute atomic E-state index is 6.04. The lowest BCUT2D eigenvalue weighted by Crippen LogP contribution is -2.22. The van der Waals surface area contributed by atoms with Crippen molar-refractivity contribution in [2.45, 2.75) is 20.1 Å². The van der Waals surface area contributed by atoms with Gasteiger partial charge in [0.25, 0.3) is 0 Å². The SMILES string of the molecule is CCOc1cccc(-n2ccc(C3OCCN3c3ccc(C)cc3)c2)c1. The van der Waals surface area contributed by atoms with Gasteiger partial charge in [-0.3, -0.25) is 0 Å². The lowest BCUT2D eigenvalue weighted by Gasteiger charge is -2.24. The molecule has 4 heteroatoms. The van der Waals surface area contributed by atoms with Crippen LogP contribution in [0.2, 0.25) is 0 Å². The molecule has 1 aromatic heterocycles. The Hall–Kier alpha value is -2.72. The van der Waals surface area contributed by atoms with Crippen LogP contribution in [0, 0.1) is 6.92 Å². The Morgan fingerprint density at radius 3 is 2.73 bits per heavy atom. The van der Waals surface area contributed by atoms with Crippen molar-refractivity contribution in [3.8, 4) is 11.4 Å². The highest BCUT2D eigenvalue weighted by Crippen LogP contribution is 2.33. The molecule has 0 aliphatic carbocycles. The fourth-order valence-corrected chi connectivity index (χ4v) is 3.37. The standard InChI is InChI=1S/C22H24N2O2/c1-3-25-21-6-4-5-20(15-21)23-12-11-18(16-23)22-24(13-14-26-22)19-9-7-17(2)8-10-19/h4-12,15-16,22H,3,13-14H2,1-2H3. The van der Waals surface area contributed by atoms with Gasteiger partial charge in [-0.1, -0.05) is 23.8 Å². The van der Waals surface area contributed by atoms with Gasteiger partial charge in [0.15, 0.2) is 6.23 Å². The van der Waals surface area contributed by atoms with Crippen LogP contribution in [0.25, 0.3) is 5.69 Å². The summed E-state index contributed by atoms with van der Waals surface area (Å²) in [5.41, 5.74) is 4.71. The number of nitrogens with zero attached hydrogens (tertiary/aromatic N) is 2. The van der Waals surface area contributed by atoms with E-state index in [0.717, 1.165) is 30.2 Å². The van der Waals surface area contributed by atoms with Gasteiger partial charge in [0.2, 0.25) is 0 Å². The first-order valence-electron chi connectivity index (χ1n) is 9.10. The number of aryl methyl sites for hydroxylation is 1. The van der Waals surface area contributed by atoms with E-state index in [4.69, 9.17) is 9.47 Å². The molecule has 0 N–H and O–H groups in total. The topological polar surface area (TPSA) is 26.6 Å². The molecule has 2 heterocycles. The molecule has 0 bridgehead atoms. The van der Waals surface area contributed by atoms with Crippen LogP contribution in [0.3, 0.4) is 0 Å². The second kappa shape index (κ2) is 7.26. The molecule has 1 aliphatic rings. The Morgan fingerprint density at radius 2 is 1.92 bits per heavy atom. The van der Waals surface area contributed by atoms with Gasteiger partial charge in [0.1, 0.15) is 5.75 Å². The molecule has 3 aromatic rings. The molecule has 4 nitrogen and oxygen atoms in total. The first kappa shape index (κ1) is 16.7. The van der Waals surface area contributed by atoms with Gasteiger partial charge in [0.05, 0.1) is 13.2 Å². The van der Waals surface area contributed by atoms with E-state index in [0.29, 0.717) is 6.61 Å². The van der Waals surface area contributed by atoms with Gasteiger partial charge >= 0.3 is 0 Å². The smallest absolute Gasteiger partial charge is 0.158 e. The van der Waals surface area contributed by atoms with E-state index in [-0.39, 0.29) is 6.23 Å². The third kappa shape index (κ3) is 3.33. The fourth-order valence-electron chi connectivity index (χ4n) is 3.37. The summed E-state index contributed by atoms with van der Waals surface area (Å²) < 4.78 is 13.8. The predicted molar refractivity (Wildman–Crippen MR) is 104 cm³/mol. The largest absolute Gasteiger partial charge is 0.494 e. The number of hydrogen-bond donors (Lipinski definition) is 0. The maximum Gasteiger partial charge on any atom is 0.158 e. The third-order valence-corrected chi connectivity index (χ3v) is 4.68. The van der Waals surface area contributed by atoms with E-state index in [1.165, 1.54) is 11.3 Å². The Labute approximate surface area is 154 Å². The molecule has 134 valence electrons. The summed E-state index contributed by atoms with van der Waals surface area (Å²) >= 11 is 0. The van der Waals surface area contributed by atoms with Crippen molar-refractivity contribution in [2.24, 2.45) is 0 Å². The van der Waals surface area contributed by atoms with Gasteiger partial charge in [0, 0.05) is 41.9 Å². The summed E-state index contributed by atoms with van der Waals surface area (Å²) in [6.07, 6.45) is 4.17. The summed E-state index contributed by atoms with van der Waals surface area (Å²) in [5, 5.41) is 0. The van der Waals surface area contributed by atoms with E-state index in [1.807, 2.05) is 19.1 Å². The lowest BCUT2D eigenvalue weighted by atomic mass is 10.2. The Morgan fingerprint density at radius 1 is 1.08 bits per heavy atom. The van der Waals surface area contributed by atoms with E-state index in [1.54, 1.807) is 0 Å². The first-order valence-corrected chi connectivity index (χ1v) is 9.10. The molecule has 26 heavy (non-hydrogen) atoms. The molecule has 1 fully saturated rings. The van der Waals surface area contributed by atoms with Gasteiger partial charge < -0.3 is 18.9 Å². The minimum atomic E-state index is -0.0472. The normalized spacial score (nSPS) is 16.8. The third-order valence-electron chi connectivity index (χ3n) is 4.68. The van der Waals surface area contributed by atoms with E-state index >= 15 is 0 Å². The second-order valence-corrected chi connectivity index (χ2v) is 6.53. The monoisotopic (exact) mass is 348 g/mol. The Kier molecular flexibility index (Phi) is 4.67.